The predicted molar refractivity (Wildman–Crippen MR) is 83.0 cm³/mol. The van der Waals surface area contributed by atoms with Crippen molar-refractivity contribution in [1.82, 2.24) is 14.1 Å². The van der Waals surface area contributed by atoms with E-state index in [-0.39, 0.29) is 17.0 Å². The van der Waals surface area contributed by atoms with Gasteiger partial charge in [-0.05, 0) is 0 Å². The van der Waals surface area contributed by atoms with Crippen LogP contribution in [0.25, 0.3) is 0 Å². The summed E-state index contributed by atoms with van der Waals surface area (Å²) in [6, 6.07) is 0. The number of rotatable bonds is 3. The predicted octanol–water partition coefficient (Wildman–Crippen LogP) is -0.510. The SMILES string of the molecule is C=CCBr.C=CCn1cc[n+](C)c1.Cn1ccnc1.[Br-]. The Labute approximate surface area is 140 Å². The molecule has 0 saturated carbocycles. The van der Waals surface area contributed by atoms with Gasteiger partial charge in [0.15, 0.2) is 0 Å². The monoisotopic (exact) mass is 404 g/mol. The van der Waals surface area contributed by atoms with E-state index < -0.39 is 0 Å². The summed E-state index contributed by atoms with van der Waals surface area (Å²) in [4.78, 5) is 3.78. The van der Waals surface area contributed by atoms with E-state index in [1.54, 1.807) is 18.6 Å². The van der Waals surface area contributed by atoms with Crippen LogP contribution in [0.15, 0.2) is 62.8 Å². The van der Waals surface area contributed by atoms with Gasteiger partial charge in [-0.25, -0.2) is 14.1 Å². The molecular formula is C14H22Br2N4. The molecule has 0 aliphatic rings. The summed E-state index contributed by atoms with van der Waals surface area (Å²) in [5, 5.41) is 0.896. The molecule has 0 saturated heterocycles. The van der Waals surface area contributed by atoms with Gasteiger partial charge in [-0.2, -0.15) is 0 Å². The number of imidazole rings is 2. The Bertz CT molecular complexity index is 449. The van der Waals surface area contributed by atoms with Crippen LogP contribution in [-0.4, -0.2) is 19.4 Å². The van der Waals surface area contributed by atoms with E-state index in [1.165, 1.54) is 0 Å². The summed E-state index contributed by atoms with van der Waals surface area (Å²) in [6.45, 7) is 7.96. The largest absolute Gasteiger partial charge is 1.00 e. The molecule has 0 bridgehead atoms. The fraction of sp³-hybridized carbons (Fsp3) is 0.286. The fourth-order valence-corrected chi connectivity index (χ4v) is 1.08. The highest BCUT2D eigenvalue weighted by atomic mass is 79.9. The maximum Gasteiger partial charge on any atom is 0.243 e. The summed E-state index contributed by atoms with van der Waals surface area (Å²) in [5.41, 5.74) is 0. The molecule has 0 fully saturated rings. The van der Waals surface area contributed by atoms with E-state index >= 15 is 0 Å². The van der Waals surface area contributed by atoms with Gasteiger partial charge in [-0.15, -0.1) is 6.58 Å². The molecule has 0 atom stereocenters. The molecule has 0 spiro atoms. The lowest BCUT2D eigenvalue weighted by atomic mass is 10.6. The Kier molecular flexibility index (Phi) is 15.1. The van der Waals surface area contributed by atoms with Gasteiger partial charge in [0.05, 0.1) is 13.4 Å². The lowest BCUT2D eigenvalue weighted by Crippen LogP contribution is -3.00. The average Bonchev–Trinajstić information content (AvgIpc) is 3.03. The number of hydrogen-bond acceptors (Lipinski definition) is 1. The molecule has 0 unspecified atom stereocenters. The number of hydrogen-bond donors (Lipinski definition) is 0. The average molecular weight is 406 g/mol. The fourth-order valence-electron chi connectivity index (χ4n) is 1.08. The van der Waals surface area contributed by atoms with Crippen LogP contribution in [-0.2, 0) is 20.6 Å². The summed E-state index contributed by atoms with van der Waals surface area (Å²) in [6.07, 6.45) is 15.1. The second-order valence-electron chi connectivity index (χ2n) is 3.74. The highest BCUT2D eigenvalue weighted by Crippen LogP contribution is 1.81. The van der Waals surface area contributed by atoms with Crippen molar-refractivity contribution in [2.75, 3.05) is 5.33 Å². The van der Waals surface area contributed by atoms with Gasteiger partial charge < -0.3 is 21.5 Å². The molecule has 2 rings (SSSR count). The van der Waals surface area contributed by atoms with Crippen LogP contribution in [0.3, 0.4) is 0 Å². The minimum absolute atomic E-state index is 0. The van der Waals surface area contributed by atoms with Gasteiger partial charge in [0.25, 0.3) is 0 Å². The number of aryl methyl sites for hydroxylation is 2. The van der Waals surface area contributed by atoms with Gasteiger partial charge >= 0.3 is 0 Å². The molecule has 0 aliphatic heterocycles. The van der Waals surface area contributed by atoms with Crippen LogP contribution in [0.4, 0.5) is 0 Å². The number of nitrogens with zero attached hydrogens (tertiary/aromatic N) is 4. The lowest BCUT2D eigenvalue weighted by molar-refractivity contribution is -0.671. The summed E-state index contributed by atoms with van der Waals surface area (Å²) < 4.78 is 5.95. The molecule has 0 radical (unpaired) electrons. The van der Waals surface area contributed by atoms with Crippen molar-refractivity contribution in [1.29, 1.82) is 0 Å². The summed E-state index contributed by atoms with van der Waals surface area (Å²) in [7, 11) is 3.94. The normalized spacial score (nSPS) is 8.15. The molecule has 112 valence electrons. The molecule has 2 aromatic rings. The van der Waals surface area contributed by atoms with Crippen LogP contribution in [0.1, 0.15) is 0 Å². The van der Waals surface area contributed by atoms with Crippen LogP contribution in [0.5, 0.6) is 0 Å². The number of alkyl halides is 1. The van der Waals surface area contributed by atoms with E-state index in [2.05, 4.69) is 38.6 Å². The molecule has 4 nitrogen and oxygen atoms in total. The highest BCUT2D eigenvalue weighted by molar-refractivity contribution is 9.09. The Hall–Kier alpha value is -1.14. The zero-order chi connectivity index (χ0) is 14.5. The van der Waals surface area contributed by atoms with Gasteiger partial charge in [0.2, 0.25) is 6.33 Å². The Morgan fingerprint density at radius 1 is 1.30 bits per heavy atom. The number of allylic oxidation sites excluding steroid dienone is 2. The van der Waals surface area contributed by atoms with Crippen molar-refractivity contribution in [3.05, 3.63) is 62.8 Å². The first-order valence-corrected chi connectivity index (χ1v) is 6.96. The van der Waals surface area contributed by atoms with E-state index in [4.69, 9.17) is 0 Å². The highest BCUT2D eigenvalue weighted by Gasteiger charge is 1.93. The van der Waals surface area contributed by atoms with Crippen molar-refractivity contribution < 1.29 is 21.5 Å². The quantitative estimate of drug-likeness (QED) is 0.384. The third-order valence-corrected chi connectivity index (χ3v) is 2.37. The molecule has 6 heteroatoms. The van der Waals surface area contributed by atoms with Crippen LogP contribution in [0.2, 0.25) is 0 Å². The van der Waals surface area contributed by atoms with Gasteiger partial charge in [-0.3, -0.25) is 0 Å². The van der Waals surface area contributed by atoms with Crippen LogP contribution in [0, 0.1) is 0 Å². The molecular weight excluding hydrogens is 384 g/mol. The molecule has 0 aliphatic carbocycles. The number of halogens is 2. The minimum atomic E-state index is 0. The Balaban J connectivity index is 0. The maximum absolute atomic E-state index is 3.78. The van der Waals surface area contributed by atoms with Crippen molar-refractivity contribution in [2.45, 2.75) is 6.54 Å². The number of aromatic nitrogens is 4. The topological polar surface area (TPSA) is 26.6 Å². The summed E-state index contributed by atoms with van der Waals surface area (Å²) >= 11 is 3.13. The van der Waals surface area contributed by atoms with Crippen molar-refractivity contribution in [2.24, 2.45) is 14.1 Å². The van der Waals surface area contributed by atoms with Crippen molar-refractivity contribution in [3.8, 4) is 0 Å². The second-order valence-corrected chi connectivity index (χ2v) is 4.38. The molecule has 0 amide bonds. The second kappa shape index (κ2) is 14.3. The molecule has 2 heterocycles. The van der Waals surface area contributed by atoms with Gasteiger partial charge in [0, 0.05) is 24.8 Å². The first kappa shape index (κ1) is 21.2. The first-order chi connectivity index (χ1) is 9.13. The maximum atomic E-state index is 3.78. The molecule has 0 N–H and O–H groups in total. The molecule has 2 aromatic heterocycles. The third-order valence-electron chi connectivity index (χ3n) is 1.91. The summed E-state index contributed by atoms with van der Waals surface area (Å²) in [5.74, 6) is 0. The standard InChI is InChI=1S/C7H11N2.C4H6N2.C3H5Br.BrH/c1-3-4-9-6-5-8(2)7-9;1-6-3-2-5-4-6;1-2-3-4;/h3,5-7H,1,4H2,2H3;2-4H,1H3;2H,1,3H2;1H/q+1;;;/p-1. The van der Waals surface area contributed by atoms with E-state index in [1.807, 2.05) is 54.2 Å². The van der Waals surface area contributed by atoms with Gasteiger partial charge in [0.1, 0.15) is 18.9 Å². The Morgan fingerprint density at radius 2 is 1.95 bits per heavy atom. The van der Waals surface area contributed by atoms with Crippen molar-refractivity contribution in [3.63, 3.8) is 0 Å². The smallest absolute Gasteiger partial charge is 0.243 e. The minimum Gasteiger partial charge on any atom is -1.00 e. The zero-order valence-electron chi connectivity index (χ0n) is 12.0. The van der Waals surface area contributed by atoms with Crippen LogP contribution >= 0.6 is 15.9 Å². The molecule has 0 aromatic carbocycles. The third kappa shape index (κ3) is 11.9. The van der Waals surface area contributed by atoms with E-state index in [9.17, 15) is 0 Å². The molecule has 20 heavy (non-hydrogen) atoms. The first-order valence-electron chi connectivity index (χ1n) is 5.84. The van der Waals surface area contributed by atoms with E-state index in [0.717, 1.165) is 11.9 Å². The zero-order valence-corrected chi connectivity index (χ0v) is 15.2. The van der Waals surface area contributed by atoms with Crippen molar-refractivity contribution >= 4 is 15.9 Å². The Morgan fingerprint density at radius 3 is 2.20 bits per heavy atom. The lowest BCUT2D eigenvalue weighted by Gasteiger charge is -1.83. The van der Waals surface area contributed by atoms with Gasteiger partial charge in [-0.1, -0.05) is 34.7 Å². The van der Waals surface area contributed by atoms with E-state index in [0.29, 0.717) is 0 Å². The van der Waals surface area contributed by atoms with Crippen LogP contribution < -0.4 is 21.5 Å².